The van der Waals surface area contributed by atoms with Crippen LogP contribution in [0.3, 0.4) is 0 Å². The number of hydrogen-bond donors (Lipinski definition) is 0. The van der Waals surface area contributed by atoms with Crippen molar-refractivity contribution in [3.8, 4) is 5.75 Å². The van der Waals surface area contributed by atoms with E-state index in [2.05, 4.69) is 59.3 Å². The van der Waals surface area contributed by atoms with Gasteiger partial charge in [0.05, 0.1) is 23.4 Å². The summed E-state index contributed by atoms with van der Waals surface area (Å²) in [4.78, 5) is 19.7. The second kappa shape index (κ2) is 8.77. The predicted octanol–water partition coefficient (Wildman–Crippen LogP) is 5.40. The molecule has 2 aliphatic rings. The molecular formula is C29H23BrN2O2S. The number of thiazole rings is 1. The van der Waals surface area contributed by atoms with Gasteiger partial charge < -0.3 is 4.74 Å². The Hall–Kier alpha value is -3.22. The first-order valence-corrected chi connectivity index (χ1v) is 13.2. The highest BCUT2D eigenvalue weighted by atomic mass is 79.9. The molecule has 174 valence electrons. The first-order valence-electron chi connectivity index (χ1n) is 11.6. The molecule has 0 amide bonds. The van der Waals surface area contributed by atoms with E-state index >= 15 is 0 Å². The van der Waals surface area contributed by atoms with Crippen molar-refractivity contribution in [3.05, 3.63) is 124 Å². The highest BCUT2D eigenvalue weighted by Gasteiger charge is 2.32. The van der Waals surface area contributed by atoms with E-state index in [0.29, 0.717) is 4.53 Å². The van der Waals surface area contributed by atoms with Crippen molar-refractivity contribution in [2.45, 2.75) is 25.8 Å². The van der Waals surface area contributed by atoms with Gasteiger partial charge in [0.15, 0.2) is 4.80 Å². The van der Waals surface area contributed by atoms with Crippen LogP contribution in [-0.4, -0.2) is 11.7 Å². The summed E-state index contributed by atoms with van der Waals surface area (Å²) in [5.41, 5.74) is 7.85. The minimum atomic E-state index is -0.211. The van der Waals surface area contributed by atoms with Crippen LogP contribution in [0.5, 0.6) is 5.75 Å². The third kappa shape index (κ3) is 3.81. The molecular weight excluding hydrogens is 520 g/mol. The van der Waals surface area contributed by atoms with E-state index in [1.54, 1.807) is 7.11 Å². The third-order valence-corrected chi connectivity index (χ3v) is 8.61. The average Bonchev–Trinajstić information content (AvgIpc) is 3.19. The molecule has 1 aliphatic heterocycles. The van der Waals surface area contributed by atoms with Crippen LogP contribution in [0.4, 0.5) is 0 Å². The van der Waals surface area contributed by atoms with E-state index in [-0.39, 0.29) is 11.6 Å². The monoisotopic (exact) mass is 542 g/mol. The molecule has 0 bridgehead atoms. The Morgan fingerprint density at radius 1 is 1.09 bits per heavy atom. The first kappa shape index (κ1) is 22.3. The molecule has 0 saturated carbocycles. The lowest BCUT2D eigenvalue weighted by molar-refractivity contribution is 0.413. The Labute approximate surface area is 215 Å². The maximum atomic E-state index is 13.8. The van der Waals surface area contributed by atoms with Crippen molar-refractivity contribution >= 4 is 39.0 Å². The van der Waals surface area contributed by atoms with E-state index < -0.39 is 0 Å². The van der Waals surface area contributed by atoms with Crippen LogP contribution in [0.15, 0.2) is 86.6 Å². The summed E-state index contributed by atoms with van der Waals surface area (Å²) in [5, 5.41) is 0. The van der Waals surface area contributed by atoms with Crippen molar-refractivity contribution in [2.75, 3.05) is 7.11 Å². The second-order valence-electron chi connectivity index (χ2n) is 8.90. The SMILES string of the molecule is COc1cccc([C@H]2C3=C(N=c4s/c(=C/c5ccc(C)c(Br)c5)c(=O)n42)c2ccccc2CC3)c1. The summed E-state index contributed by atoms with van der Waals surface area (Å²) in [5.74, 6) is 0.782. The zero-order valence-corrected chi connectivity index (χ0v) is 21.8. The molecule has 3 aromatic carbocycles. The molecule has 0 unspecified atom stereocenters. The van der Waals surface area contributed by atoms with Crippen LogP contribution in [0, 0.1) is 6.92 Å². The fourth-order valence-corrected chi connectivity index (χ4v) is 6.38. The topological polar surface area (TPSA) is 43.6 Å². The lowest BCUT2D eigenvalue weighted by atomic mass is 9.83. The Balaban J connectivity index is 1.62. The van der Waals surface area contributed by atoms with E-state index in [1.807, 2.05) is 41.0 Å². The standard InChI is InChI=1S/C29H23BrN2O2S/c1-17-10-11-18(14-24(17)30)15-25-28(33)32-27(20-7-5-8-21(16-20)34-2)23-13-12-19-6-3-4-9-22(19)26(23)31-29(32)35-25/h3-11,14-16,27H,12-13H2,1-2H3/b25-15+/t27-/m0/s1. The number of halogens is 1. The van der Waals surface area contributed by atoms with Gasteiger partial charge in [0.1, 0.15) is 5.75 Å². The molecule has 0 spiro atoms. The Kier molecular flexibility index (Phi) is 5.58. The molecule has 0 fully saturated rings. The van der Waals surface area contributed by atoms with E-state index in [4.69, 9.17) is 9.73 Å². The Morgan fingerprint density at radius 2 is 1.94 bits per heavy atom. The average molecular weight is 543 g/mol. The number of aryl methyl sites for hydroxylation is 2. The Morgan fingerprint density at radius 3 is 2.77 bits per heavy atom. The number of methoxy groups -OCH3 is 1. The lowest BCUT2D eigenvalue weighted by Gasteiger charge is -2.31. The molecule has 1 aromatic heterocycles. The number of allylic oxidation sites excluding steroid dienone is 1. The fraction of sp³-hybridized carbons (Fsp3) is 0.172. The highest BCUT2D eigenvalue weighted by molar-refractivity contribution is 9.10. The van der Waals surface area contributed by atoms with Gasteiger partial charge in [0, 0.05) is 10.0 Å². The van der Waals surface area contributed by atoms with Crippen LogP contribution in [0.1, 0.15) is 40.3 Å². The third-order valence-electron chi connectivity index (χ3n) is 6.78. The molecule has 4 nitrogen and oxygen atoms in total. The second-order valence-corrected chi connectivity index (χ2v) is 10.8. The number of hydrogen-bond acceptors (Lipinski definition) is 4. The van der Waals surface area contributed by atoms with Crippen LogP contribution in [-0.2, 0) is 6.42 Å². The molecule has 6 heteroatoms. The lowest BCUT2D eigenvalue weighted by Crippen LogP contribution is -2.38. The number of nitrogens with zero attached hydrogens (tertiary/aromatic N) is 2. The van der Waals surface area contributed by atoms with E-state index in [0.717, 1.165) is 50.3 Å². The Bertz CT molecular complexity index is 1700. The summed E-state index contributed by atoms with van der Waals surface area (Å²) in [6.45, 7) is 2.05. The maximum Gasteiger partial charge on any atom is 0.271 e. The molecule has 0 saturated heterocycles. The smallest absolute Gasteiger partial charge is 0.271 e. The van der Waals surface area contributed by atoms with Gasteiger partial charge in [-0.2, -0.15) is 0 Å². The summed E-state index contributed by atoms with van der Waals surface area (Å²) in [6.07, 6.45) is 3.77. The van der Waals surface area contributed by atoms with Crippen LogP contribution < -0.4 is 19.6 Å². The van der Waals surface area contributed by atoms with Crippen molar-refractivity contribution < 1.29 is 4.74 Å². The van der Waals surface area contributed by atoms with E-state index in [9.17, 15) is 4.79 Å². The van der Waals surface area contributed by atoms with Gasteiger partial charge in [-0.1, -0.05) is 75.8 Å². The summed E-state index contributed by atoms with van der Waals surface area (Å²) in [6, 6.07) is 22.5. The number of ether oxygens (including phenoxy) is 1. The zero-order chi connectivity index (χ0) is 24.1. The first-order chi connectivity index (χ1) is 17.0. The molecule has 6 rings (SSSR count). The normalized spacial score (nSPS) is 16.9. The summed E-state index contributed by atoms with van der Waals surface area (Å²) < 4.78 is 9.11. The molecule has 35 heavy (non-hydrogen) atoms. The number of aromatic nitrogens is 1. The van der Waals surface area contributed by atoms with Gasteiger partial charge in [-0.25, -0.2) is 4.99 Å². The van der Waals surface area contributed by atoms with Crippen molar-refractivity contribution in [3.63, 3.8) is 0 Å². The van der Waals surface area contributed by atoms with Gasteiger partial charge in [-0.3, -0.25) is 9.36 Å². The van der Waals surface area contributed by atoms with Gasteiger partial charge in [-0.05, 0) is 71.9 Å². The van der Waals surface area contributed by atoms with Crippen LogP contribution >= 0.6 is 27.3 Å². The quantitative estimate of drug-likeness (QED) is 0.348. The van der Waals surface area contributed by atoms with Crippen molar-refractivity contribution in [1.82, 2.24) is 4.57 Å². The minimum Gasteiger partial charge on any atom is -0.497 e. The number of benzene rings is 3. The van der Waals surface area contributed by atoms with Gasteiger partial charge in [0.25, 0.3) is 5.56 Å². The molecule has 0 N–H and O–H groups in total. The molecule has 1 atom stereocenters. The molecule has 4 aromatic rings. The van der Waals surface area contributed by atoms with Gasteiger partial charge in [-0.15, -0.1) is 0 Å². The summed E-state index contributed by atoms with van der Waals surface area (Å²) in [7, 11) is 1.67. The van der Waals surface area contributed by atoms with Crippen molar-refractivity contribution in [1.29, 1.82) is 0 Å². The zero-order valence-electron chi connectivity index (χ0n) is 19.4. The van der Waals surface area contributed by atoms with Crippen LogP contribution in [0.25, 0.3) is 11.8 Å². The van der Waals surface area contributed by atoms with Crippen molar-refractivity contribution in [2.24, 2.45) is 4.99 Å². The largest absolute Gasteiger partial charge is 0.497 e. The number of rotatable bonds is 3. The summed E-state index contributed by atoms with van der Waals surface area (Å²) >= 11 is 5.06. The van der Waals surface area contributed by atoms with Gasteiger partial charge in [0.2, 0.25) is 0 Å². The van der Waals surface area contributed by atoms with Gasteiger partial charge >= 0.3 is 0 Å². The maximum absolute atomic E-state index is 13.8. The number of fused-ring (bicyclic) bond motifs is 3. The molecule has 0 radical (unpaired) electrons. The predicted molar refractivity (Wildman–Crippen MR) is 145 cm³/mol. The fourth-order valence-electron chi connectivity index (χ4n) is 4.98. The molecule has 2 heterocycles. The van der Waals surface area contributed by atoms with E-state index in [1.165, 1.54) is 28.0 Å². The molecule has 1 aliphatic carbocycles. The van der Waals surface area contributed by atoms with Crippen LogP contribution in [0.2, 0.25) is 0 Å². The minimum absolute atomic E-state index is 0.0105. The highest BCUT2D eigenvalue weighted by Crippen LogP contribution is 2.41.